The van der Waals surface area contributed by atoms with E-state index in [1.54, 1.807) is 31.6 Å². The van der Waals surface area contributed by atoms with E-state index in [-0.39, 0.29) is 5.75 Å². The van der Waals surface area contributed by atoms with Gasteiger partial charge in [0.1, 0.15) is 0 Å². The second-order valence-electron chi connectivity index (χ2n) is 6.08. The summed E-state index contributed by atoms with van der Waals surface area (Å²) in [6, 6.07) is 0.421. The molecule has 0 aliphatic heterocycles. The molecule has 19 heavy (non-hydrogen) atoms. The Labute approximate surface area is 116 Å². The number of hydrogen-bond acceptors (Lipinski definition) is 4. The van der Waals surface area contributed by atoms with Crippen LogP contribution in [0.1, 0.15) is 40.2 Å². The van der Waals surface area contributed by atoms with Crippen molar-refractivity contribution >= 4 is 9.84 Å². The Morgan fingerprint density at radius 2 is 2.00 bits per heavy atom. The average Bonchev–Trinajstić information content (AvgIpc) is 2.70. The van der Waals surface area contributed by atoms with Crippen LogP contribution in [0.2, 0.25) is 0 Å². The van der Waals surface area contributed by atoms with Crippen LogP contribution in [0.25, 0.3) is 0 Å². The lowest BCUT2D eigenvalue weighted by Gasteiger charge is -2.18. The zero-order valence-corrected chi connectivity index (χ0v) is 13.3. The maximum absolute atomic E-state index is 12.0. The molecule has 1 aromatic rings. The number of nitrogens with one attached hydrogen (secondary N) is 1. The lowest BCUT2D eigenvalue weighted by Crippen LogP contribution is -2.32. The zero-order valence-electron chi connectivity index (χ0n) is 12.5. The van der Waals surface area contributed by atoms with Crippen molar-refractivity contribution in [1.82, 2.24) is 15.1 Å². The molecule has 0 aliphatic rings. The number of rotatable bonds is 6. The first kappa shape index (κ1) is 16.2. The molecule has 0 bridgehead atoms. The Hall–Kier alpha value is -0.880. The molecule has 110 valence electrons. The van der Waals surface area contributed by atoms with Crippen LogP contribution in [0.4, 0.5) is 0 Å². The molecule has 0 saturated carbocycles. The van der Waals surface area contributed by atoms with E-state index < -0.39 is 14.6 Å². The van der Waals surface area contributed by atoms with Gasteiger partial charge in [-0.05, 0) is 20.8 Å². The zero-order chi connectivity index (χ0) is 14.7. The summed E-state index contributed by atoms with van der Waals surface area (Å²) in [7, 11) is -3.09. The monoisotopic (exact) mass is 287 g/mol. The summed E-state index contributed by atoms with van der Waals surface area (Å²) in [5.41, 5.74) is 1.07. The van der Waals surface area contributed by atoms with E-state index >= 15 is 0 Å². The van der Waals surface area contributed by atoms with Crippen LogP contribution >= 0.6 is 0 Å². The topological polar surface area (TPSA) is 64.0 Å². The molecule has 6 heteroatoms. The fourth-order valence-corrected chi connectivity index (χ4v) is 2.50. The Morgan fingerprint density at radius 3 is 2.53 bits per heavy atom. The molecule has 0 saturated heterocycles. The molecule has 1 rings (SSSR count). The van der Waals surface area contributed by atoms with E-state index in [9.17, 15) is 8.42 Å². The molecule has 0 fully saturated rings. The van der Waals surface area contributed by atoms with E-state index in [1.807, 2.05) is 6.20 Å². The normalized spacial score (nSPS) is 13.2. The van der Waals surface area contributed by atoms with Crippen LogP contribution < -0.4 is 5.32 Å². The SMILES string of the molecule is CC(C)NCc1cnn(CCS(=O)(=O)C(C)(C)C)c1. The van der Waals surface area contributed by atoms with Crippen molar-refractivity contribution in [2.45, 2.75) is 58.5 Å². The Morgan fingerprint density at radius 1 is 1.37 bits per heavy atom. The quantitative estimate of drug-likeness (QED) is 0.863. The first-order valence-electron chi connectivity index (χ1n) is 6.59. The van der Waals surface area contributed by atoms with Gasteiger partial charge >= 0.3 is 0 Å². The Balaban J connectivity index is 2.56. The predicted octanol–water partition coefficient (Wildman–Crippen LogP) is 1.59. The van der Waals surface area contributed by atoms with E-state index in [4.69, 9.17) is 0 Å². The molecular weight excluding hydrogens is 262 g/mol. The molecule has 0 atom stereocenters. The first-order chi connectivity index (χ1) is 8.62. The highest BCUT2D eigenvalue weighted by atomic mass is 32.2. The van der Waals surface area contributed by atoms with Gasteiger partial charge in [0.05, 0.1) is 23.2 Å². The molecule has 0 amide bonds. The number of hydrogen-bond donors (Lipinski definition) is 1. The number of sulfone groups is 1. The molecule has 0 spiro atoms. The van der Waals surface area contributed by atoms with Crippen molar-refractivity contribution < 1.29 is 8.42 Å². The Bertz CT molecular complexity index is 498. The van der Waals surface area contributed by atoms with Gasteiger partial charge in [-0.3, -0.25) is 4.68 Å². The smallest absolute Gasteiger partial charge is 0.157 e. The van der Waals surface area contributed by atoms with Gasteiger partial charge in [-0.25, -0.2) is 8.42 Å². The highest BCUT2D eigenvalue weighted by Gasteiger charge is 2.28. The van der Waals surface area contributed by atoms with Crippen LogP contribution in [-0.4, -0.2) is 34.7 Å². The van der Waals surface area contributed by atoms with Crippen LogP contribution in [0, 0.1) is 0 Å². The highest BCUT2D eigenvalue weighted by molar-refractivity contribution is 7.92. The molecule has 5 nitrogen and oxygen atoms in total. The maximum atomic E-state index is 12.0. The number of nitrogens with zero attached hydrogens (tertiary/aromatic N) is 2. The summed E-state index contributed by atoms with van der Waals surface area (Å²) in [4.78, 5) is 0. The summed E-state index contributed by atoms with van der Waals surface area (Å²) >= 11 is 0. The third-order valence-electron chi connectivity index (χ3n) is 2.92. The summed E-state index contributed by atoms with van der Waals surface area (Å²) in [5, 5.41) is 7.49. The second kappa shape index (κ2) is 6.05. The summed E-state index contributed by atoms with van der Waals surface area (Å²) in [6.45, 7) is 10.5. The minimum absolute atomic E-state index is 0.120. The molecule has 1 aromatic heterocycles. The lowest BCUT2D eigenvalue weighted by molar-refractivity contribution is 0.548. The fourth-order valence-electron chi connectivity index (χ4n) is 1.46. The van der Waals surface area contributed by atoms with Crippen molar-refractivity contribution in [3.63, 3.8) is 0 Å². The highest BCUT2D eigenvalue weighted by Crippen LogP contribution is 2.16. The summed E-state index contributed by atoms with van der Waals surface area (Å²) in [6.07, 6.45) is 3.67. The molecule has 0 aromatic carbocycles. The Kier molecular flexibility index (Phi) is 5.15. The van der Waals surface area contributed by atoms with E-state index in [0.717, 1.165) is 12.1 Å². The molecular formula is C13H25N3O2S. The van der Waals surface area contributed by atoms with Crippen LogP contribution in [0.5, 0.6) is 0 Å². The van der Waals surface area contributed by atoms with Crippen LogP contribution in [-0.2, 0) is 22.9 Å². The van der Waals surface area contributed by atoms with Crippen molar-refractivity contribution in [3.05, 3.63) is 18.0 Å². The first-order valence-corrected chi connectivity index (χ1v) is 8.24. The fraction of sp³-hybridized carbons (Fsp3) is 0.769. The third kappa shape index (κ3) is 4.95. The van der Waals surface area contributed by atoms with Crippen molar-refractivity contribution in [1.29, 1.82) is 0 Å². The van der Waals surface area contributed by atoms with Gasteiger partial charge in [-0.1, -0.05) is 13.8 Å². The van der Waals surface area contributed by atoms with E-state index in [2.05, 4.69) is 24.3 Å². The second-order valence-corrected chi connectivity index (χ2v) is 8.94. The lowest BCUT2D eigenvalue weighted by atomic mass is 10.3. The predicted molar refractivity (Wildman–Crippen MR) is 77.7 cm³/mol. The van der Waals surface area contributed by atoms with Crippen molar-refractivity contribution in [3.8, 4) is 0 Å². The van der Waals surface area contributed by atoms with Gasteiger partial charge in [-0.2, -0.15) is 5.10 Å². The van der Waals surface area contributed by atoms with E-state index in [0.29, 0.717) is 12.6 Å². The number of aryl methyl sites for hydroxylation is 1. The van der Waals surface area contributed by atoms with Gasteiger partial charge in [0.25, 0.3) is 0 Å². The van der Waals surface area contributed by atoms with Gasteiger partial charge in [0.15, 0.2) is 9.84 Å². The maximum Gasteiger partial charge on any atom is 0.157 e. The van der Waals surface area contributed by atoms with Gasteiger partial charge in [0, 0.05) is 24.3 Å². The molecule has 0 radical (unpaired) electrons. The average molecular weight is 287 g/mol. The van der Waals surface area contributed by atoms with E-state index in [1.165, 1.54) is 0 Å². The van der Waals surface area contributed by atoms with Gasteiger partial charge in [0.2, 0.25) is 0 Å². The molecule has 1 N–H and O–H groups in total. The third-order valence-corrected chi connectivity index (χ3v) is 5.51. The van der Waals surface area contributed by atoms with Crippen molar-refractivity contribution in [2.75, 3.05) is 5.75 Å². The van der Waals surface area contributed by atoms with Gasteiger partial charge in [-0.15, -0.1) is 0 Å². The van der Waals surface area contributed by atoms with Crippen LogP contribution in [0.3, 0.4) is 0 Å². The summed E-state index contributed by atoms with van der Waals surface area (Å²) < 4.78 is 25.0. The van der Waals surface area contributed by atoms with Crippen LogP contribution in [0.15, 0.2) is 12.4 Å². The standard InChI is InChI=1S/C13H25N3O2S/c1-11(2)14-8-12-9-15-16(10-12)6-7-19(17,18)13(3,4)5/h9-11,14H,6-8H2,1-5H3. The minimum atomic E-state index is -3.09. The molecule has 0 unspecified atom stereocenters. The minimum Gasteiger partial charge on any atom is -0.310 e. The molecule has 0 aliphatic carbocycles. The van der Waals surface area contributed by atoms with Crippen molar-refractivity contribution in [2.24, 2.45) is 0 Å². The number of aromatic nitrogens is 2. The summed E-state index contributed by atoms with van der Waals surface area (Å²) in [5.74, 6) is 0.120. The largest absolute Gasteiger partial charge is 0.310 e. The van der Waals surface area contributed by atoms with Gasteiger partial charge < -0.3 is 5.32 Å². The molecule has 1 heterocycles.